The maximum atomic E-state index is 12.3. The molecule has 0 bridgehead atoms. The molecule has 2 rings (SSSR count). The molecular formula is C15H21NO2. The number of anilines is 1. The molecule has 1 atom stereocenters. The highest BCUT2D eigenvalue weighted by Crippen LogP contribution is 2.35. The summed E-state index contributed by atoms with van der Waals surface area (Å²) in [4.78, 5) is 14.1. The number of carbonyl (C=O) groups excluding carboxylic acids is 1. The Morgan fingerprint density at radius 3 is 2.78 bits per heavy atom. The van der Waals surface area contributed by atoms with Gasteiger partial charge in [-0.25, -0.2) is 0 Å². The summed E-state index contributed by atoms with van der Waals surface area (Å²) in [6, 6.07) is 6.01. The Morgan fingerprint density at radius 1 is 1.33 bits per heavy atom. The first-order valence-electron chi connectivity index (χ1n) is 6.76. The van der Waals surface area contributed by atoms with E-state index in [2.05, 4.69) is 6.92 Å². The summed E-state index contributed by atoms with van der Waals surface area (Å²) >= 11 is 0. The zero-order chi connectivity index (χ0) is 13.1. The number of hydrogen-bond donors (Lipinski definition) is 0. The van der Waals surface area contributed by atoms with Gasteiger partial charge in [0.25, 0.3) is 5.91 Å². The normalized spacial score (nSPS) is 18.5. The molecule has 1 amide bonds. The van der Waals surface area contributed by atoms with Gasteiger partial charge in [0, 0.05) is 6.54 Å². The van der Waals surface area contributed by atoms with E-state index in [0.717, 1.165) is 36.3 Å². The van der Waals surface area contributed by atoms with E-state index in [-0.39, 0.29) is 12.0 Å². The van der Waals surface area contributed by atoms with Crippen LogP contribution in [0.4, 0.5) is 5.69 Å². The number of unbranched alkanes of at least 4 members (excludes halogenated alkanes) is 1. The van der Waals surface area contributed by atoms with Gasteiger partial charge in [-0.3, -0.25) is 4.79 Å². The minimum atomic E-state index is -0.306. The minimum absolute atomic E-state index is 0.0994. The highest BCUT2D eigenvalue weighted by atomic mass is 16.5. The lowest BCUT2D eigenvalue weighted by molar-refractivity contribution is -0.126. The van der Waals surface area contributed by atoms with Crippen LogP contribution in [0.2, 0.25) is 0 Å². The highest BCUT2D eigenvalue weighted by Gasteiger charge is 2.32. The molecule has 0 saturated heterocycles. The zero-order valence-corrected chi connectivity index (χ0v) is 11.4. The quantitative estimate of drug-likeness (QED) is 0.817. The number of rotatable bonds is 4. The summed E-state index contributed by atoms with van der Waals surface area (Å²) in [7, 11) is 0. The van der Waals surface area contributed by atoms with Crippen LogP contribution in [-0.2, 0) is 4.79 Å². The Labute approximate surface area is 109 Å². The van der Waals surface area contributed by atoms with Crippen LogP contribution in [0, 0.1) is 6.92 Å². The predicted octanol–water partition coefficient (Wildman–Crippen LogP) is 3.30. The van der Waals surface area contributed by atoms with Crippen LogP contribution in [0.25, 0.3) is 0 Å². The Kier molecular flexibility index (Phi) is 3.90. The molecular weight excluding hydrogens is 226 g/mol. The second kappa shape index (κ2) is 5.42. The van der Waals surface area contributed by atoms with Gasteiger partial charge in [0.15, 0.2) is 6.10 Å². The standard InChI is InChI=1S/C15H21NO2/c1-4-6-7-13-15(17)16(5-2)12-9-8-11(3)10-14(12)18-13/h8-10,13H,4-7H2,1-3H3. The van der Waals surface area contributed by atoms with Gasteiger partial charge < -0.3 is 9.64 Å². The van der Waals surface area contributed by atoms with Crippen LogP contribution in [-0.4, -0.2) is 18.6 Å². The molecule has 1 unspecified atom stereocenters. The van der Waals surface area contributed by atoms with Gasteiger partial charge >= 0.3 is 0 Å². The van der Waals surface area contributed by atoms with Crippen LogP contribution >= 0.6 is 0 Å². The molecule has 0 saturated carbocycles. The largest absolute Gasteiger partial charge is 0.478 e. The number of aryl methyl sites for hydroxylation is 1. The monoisotopic (exact) mass is 247 g/mol. The van der Waals surface area contributed by atoms with Crippen LogP contribution in [0.5, 0.6) is 5.75 Å². The third-order valence-corrected chi connectivity index (χ3v) is 3.35. The highest BCUT2D eigenvalue weighted by molar-refractivity contribution is 6.00. The number of likely N-dealkylation sites (N-methyl/N-ethyl adjacent to an activating group) is 1. The van der Waals surface area contributed by atoms with Crippen molar-refractivity contribution in [3.63, 3.8) is 0 Å². The second-order valence-corrected chi connectivity index (χ2v) is 4.80. The van der Waals surface area contributed by atoms with E-state index in [9.17, 15) is 4.79 Å². The van der Waals surface area contributed by atoms with E-state index < -0.39 is 0 Å². The van der Waals surface area contributed by atoms with Crippen molar-refractivity contribution in [1.29, 1.82) is 0 Å². The first-order chi connectivity index (χ1) is 8.67. The maximum Gasteiger partial charge on any atom is 0.268 e. The first-order valence-corrected chi connectivity index (χ1v) is 6.76. The smallest absolute Gasteiger partial charge is 0.268 e. The molecule has 0 radical (unpaired) electrons. The average molecular weight is 247 g/mol. The molecule has 0 spiro atoms. The van der Waals surface area contributed by atoms with Crippen molar-refractivity contribution in [3.05, 3.63) is 23.8 Å². The summed E-state index contributed by atoms with van der Waals surface area (Å²) in [6.07, 6.45) is 2.60. The van der Waals surface area contributed by atoms with E-state index in [4.69, 9.17) is 4.74 Å². The van der Waals surface area contributed by atoms with Crippen molar-refractivity contribution in [2.45, 2.75) is 46.1 Å². The topological polar surface area (TPSA) is 29.5 Å². The predicted molar refractivity (Wildman–Crippen MR) is 73.1 cm³/mol. The SMILES string of the molecule is CCCCC1Oc2cc(C)ccc2N(CC)C1=O. The van der Waals surface area contributed by atoms with E-state index in [1.54, 1.807) is 0 Å². The van der Waals surface area contributed by atoms with Crippen LogP contribution in [0.1, 0.15) is 38.7 Å². The fourth-order valence-corrected chi connectivity index (χ4v) is 2.33. The van der Waals surface area contributed by atoms with Crippen molar-refractivity contribution in [1.82, 2.24) is 0 Å². The molecule has 1 heterocycles. The molecule has 18 heavy (non-hydrogen) atoms. The van der Waals surface area contributed by atoms with Gasteiger partial charge in [-0.15, -0.1) is 0 Å². The van der Waals surface area contributed by atoms with Crippen LogP contribution in [0.15, 0.2) is 18.2 Å². The summed E-state index contributed by atoms with van der Waals surface area (Å²) in [5.74, 6) is 0.944. The maximum absolute atomic E-state index is 12.3. The Balaban J connectivity index is 2.30. The number of ether oxygens (including phenoxy) is 1. The Bertz CT molecular complexity index is 442. The molecule has 3 nitrogen and oxygen atoms in total. The average Bonchev–Trinajstić information content (AvgIpc) is 2.36. The lowest BCUT2D eigenvalue weighted by atomic mass is 10.1. The van der Waals surface area contributed by atoms with E-state index in [1.165, 1.54) is 0 Å². The summed E-state index contributed by atoms with van der Waals surface area (Å²) in [6.45, 7) is 6.87. The molecule has 1 aromatic carbocycles. The van der Waals surface area contributed by atoms with Gasteiger partial charge in [-0.2, -0.15) is 0 Å². The third kappa shape index (κ3) is 2.35. The number of benzene rings is 1. The van der Waals surface area contributed by atoms with Gasteiger partial charge in [-0.1, -0.05) is 19.4 Å². The van der Waals surface area contributed by atoms with Crippen molar-refractivity contribution < 1.29 is 9.53 Å². The summed E-state index contributed by atoms with van der Waals surface area (Å²) < 4.78 is 5.87. The fraction of sp³-hybridized carbons (Fsp3) is 0.533. The van der Waals surface area contributed by atoms with Crippen LogP contribution < -0.4 is 9.64 Å². The van der Waals surface area contributed by atoms with Crippen molar-refractivity contribution in [2.24, 2.45) is 0 Å². The lowest BCUT2D eigenvalue weighted by Crippen LogP contribution is -2.45. The second-order valence-electron chi connectivity index (χ2n) is 4.80. The molecule has 98 valence electrons. The van der Waals surface area contributed by atoms with Gasteiger partial charge in [0.05, 0.1) is 5.69 Å². The molecule has 0 N–H and O–H groups in total. The van der Waals surface area contributed by atoms with Crippen molar-refractivity contribution in [3.8, 4) is 5.75 Å². The minimum Gasteiger partial charge on any atom is -0.478 e. The zero-order valence-electron chi connectivity index (χ0n) is 11.4. The molecule has 1 aromatic rings. The molecule has 0 aliphatic carbocycles. The fourth-order valence-electron chi connectivity index (χ4n) is 2.33. The third-order valence-electron chi connectivity index (χ3n) is 3.35. The molecule has 1 aliphatic heterocycles. The molecule has 3 heteroatoms. The van der Waals surface area contributed by atoms with Crippen molar-refractivity contribution >= 4 is 11.6 Å². The van der Waals surface area contributed by atoms with Crippen LogP contribution in [0.3, 0.4) is 0 Å². The number of fused-ring (bicyclic) bond motifs is 1. The van der Waals surface area contributed by atoms with E-state index in [1.807, 2.05) is 36.9 Å². The molecule has 0 fully saturated rings. The van der Waals surface area contributed by atoms with Gasteiger partial charge in [-0.05, 0) is 44.4 Å². The number of hydrogen-bond acceptors (Lipinski definition) is 2. The Hall–Kier alpha value is -1.51. The van der Waals surface area contributed by atoms with Gasteiger partial charge in [0.2, 0.25) is 0 Å². The molecule has 1 aliphatic rings. The van der Waals surface area contributed by atoms with E-state index in [0.29, 0.717) is 6.54 Å². The Morgan fingerprint density at radius 2 is 2.11 bits per heavy atom. The summed E-state index contributed by atoms with van der Waals surface area (Å²) in [5.41, 5.74) is 2.06. The van der Waals surface area contributed by atoms with Gasteiger partial charge in [0.1, 0.15) is 5.75 Å². The summed E-state index contributed by atoms with van der Waals surface area (Å²) in [5, 5.41) is 0. The number of nitrogens with zero attached hydrogens (tertiary/aromatic N) is 1. The lowest BCUT2D eigenvalue weighted by Gasteiger charge is -2.34. The van der Waals surface area contributed by atoms with Crippen molar-refractivity contribution in [2.75, 3.05) is 11.4 Å². The van der Waals surface area contributed by atoms with E-state index >= 15 is 0 Å². The number of carbonyl (C=O) groups is 1. The molecule has 0 aromatic heterocycles. The number of amides is 1. The first kappa shape index (κ1) is 12.9.